The Morgan fingerprint density at radius 3 is 2.35 bits per heavy atom. The fourth-order valence-electron chi connectivity index (χ4n) is 4.16. The second kappa shape index (κ2) is 14.1. The molecule has 4 nitrogen and oxygen atoms in total. The first-order valence-corrected chi connectivity index (χ1v) is 13.0. The molecule has 2 N–H and O–H groups in total. The van der Waals surface area contributed by atoms with Crippen LogP contribution in [0.5, 0.6) is 0 Å². The molecular weight excluding hydrogens is 416 g/mol. The minimum atomic E-state index is 0.676. The largest absolute Gasteiger partial charge is 0.381 e. The summed E-state index contributed by atoms with van der Waals surface area (Å²) in [6.45, 7) is 18.8. The number of benzene rings is 1. The Morgan fingerprint density at radius 2 is 1.79 bits per heavy atom. The Bertz CT molecular complexity index is 977. The second-order valence-corrected chi connectivity index (χ2v) is 9.83. The summed E-state index contributed by atoms with van der Waals surface area (Å²) in [5.41, 5.74) is 7.51. The van der Waals surface area contributed by atoms with Crippen molar-refractivity contribution >= 4 is 11.0 Å². The molecule has 0 radical (unpaired) electrons. The highest BCUT2D eigenvalue weighted by Crippen LogP contribution is 2.34. The number of aromatic nitrogens is 2. The summed E-state index contributed by atoms with van der Waals surface area (Å²) in [6.07, 6.45) is 15.1. The van der Waals surface area contributed by atoms with Crippen LogP contribution in [0.25, 0.3) is 11.0 Å². The summed E-state index contributed by atoms with van der Waals surface area (Å²) in [4.78, 5) is 8.66. The van der Waals surface area contributed by atoms with E-state index in [4.69, 9.17) is 0 Å². The second-order valence-electron chi connectivity index (χ2n) is 9.83. The topological polar surface area (TPSA) is 49.8 Å². The van der Waals surface area contributed by atoms with Gasteiger partial charge in [0, 0.05) is 37.7 Å². The van der Waals surface area contributed by atoms with E-state index in [1.54, 1.807) is 12.4 Å². The Kier molecular flexibility index (Phi) is 11.5. The average molecular weight is 463 g/mol. The summed E-state index contributed by atoms with van der Waals surface area (Å²) in [5.74, 6) is 0.914. The number of hydrogen-bond acceptors (Lipinski definition) is 4. The molecule has 0 spiro atoms. The number of hydrogen-bond donors (Lipinski definition) is 2. The van der Waals surface area contributed by atoms with Crippen molar-refractivity contribution in [1.82, 2.24) is 20.6 Å². The van der Waals surface area contributed by atoms with Gasteiger partial charge in [0.25, 0.3) is 0 Å². The molecule has 1 fully saturated rings. The van der Waals surface area contributed by atoms with Crippen molar-refractivity contribution in [2.24, 2.45) is 11.3 Å². The SMILES string of the molecule is CCC(C)CC1(CC)CNC1.C\C=C(NCc1ccc2nccnc2c1)/C(C)=C\C=C(/C)CC. The van der Waals surface area contributed by atoms with Gasteiger partial charge in [0.1, 0.15) is 0 Å². The zero-order valence-corrected chi connectivity index (χ0v) is 22.5. The van der Waals surface area contributed by atoms with Gasteiger partial charge in [-0.05, 0) is 74.6 Å². The van der Waals surface area contributed by atoms with Gasteiger partial charge in [0.15, 0.2) is 0 Å². The summed E-state index contributed by atoms with van der Waals surface area (Å²) in [5, 5.41) is 6.89. The van der Waals surface area contributed by atoms with Crippen molar-refractivity contribution in [1.29, 1.82) is 0 Å². The van der Waals surface area contributed by atoms with Gasteiger partial charge < -0.3 is 10.6 Å². The molecule has 2 heterocycles. The Balaban J connectivity index is 0.000000310. The lowest BCUT2D eigenvalue weighted by Gasteiger charge is -2.43. The molecule has 1 aromatic carbocycles. The van der Waals surface area contributed by atoms with Crippen LogP contribution in [0.1, 0.15) is 79.7 Å². The minimum Gasteiger partial charge on any atom is -0.381 e. The number of nitrogens with zero attached hydrogens (tertiary/aromatic N) is 2. The van der Waals surface area contributed by atoms with Crippen molar-refractivity contribution in [3.63, 3.8) is 0 Å². The molecule has 1 aromatic heterocycles. The van der Waals surface area contributed by atoms with Crippen LogP contribution in [0.15, 0.2) is 65.7 Å². The quantitative estimate of drug-likeness (QED) is 0.362. The van der Waals surface area contributed by atoms with Crippen molar-refractivity contribution in [3.05, 3.63) is 71.2 Å². The van der Waals surface area contributed by atoms with Gasteiger partial charge in [0.05, 0.1) is 11.0 Å². The Labute approximate surface area is 208 Å². The van der Waals surface area contributed by atoms with Gasteiger partial charge in [-0.3, -0.25) is 9.97 Å². The predicted molar refractivity (Wildman–Crippen MR) is 148 cm³/mol. The van der Waals surface area contributed by atoms with Crippen LogP contribution in [0, 0.1) is 11.3 Å². The third-order valence-electron chi connectivity index (χ3n) is 7.13. The van der Waals surface area contributed by atoms with E-state index < -0.39 is 0 Å². The van der Waals surface area contributed by atoms with E-state index in [1.807, 2.05) is 6.07 Å². The van der Waals surface area contributed by atoms with Gasteiger partial charge in [0.2, 0.25) is 0 Å². The molecule has 1 aliphatic heterocycles. The summed E-state index contributed by atoms with van der Waals surface area (Å²) in [6, 6.07) is 6.20. The van der Waals surface area contributed by atoms with E-state index in [9.17, 15) is 0 Å². The first kappa shape index (κ1) is 27.8. The smallest absolute Gasteiger partial charge is 0.0890 e. The minimum absolute atomic E-state index is 0.676. The van der Waals surface area contributed by atoms with Crippen molar-refractivity contribution < 1.29 is 0 Å². The van der Waals surface area contributed by atoms with E-state index in [-0.39, 0.29) is 0 Å². The number of allylic oxidation sites excluding steroid dienone is 5. The lowest BCUT2D eigenvalue weighted by atomic mass is 9.72. The molecule has 1 saturated heterocycles. The third-order valence-corrected chi connectivity index (χ3v) is 7.13. The molecule has 1 aliphatic rings. The Morgan fingerprint density at radius 1 is 1.09 bits per heavy atom. The molecule has 3 rings (SSSR count). The van der Waals surface area contributed by atoms with E-state index >= 15 is 0 Å². The highest BCUT2D eigenvalue weighted by atomic mass is 15.0. The van der Waals surface area contributed by atoms with Crippen molar-refractivity contribution in [3.8, 4) is 0 Å². The van der Waals surface area contributed by atoms with Crippen LogP contribution < -0.4 is 10.6 Å². The molecule has 186 valence electrons. The van der Waals surface area contributed by atoms with Crippen LogP contribution in [-0.2, 0) is 6.54 Å². The normalized spacial score (nSPS) is 17.0. The molecule has 0 bridgehead atoms. The van der Waals surface area contributed by atoms with E-state index in [2.05, 4.69) is 99.4 Å². The van der Waals surface area contributed by atoms with Crippen LogP contribution in [0.4, 0.5) is 0 Å². The highest BCUT2D eigenvalue weighted by Gasteiger charge is 2.35. The van der Waals surface area contributed by atoms with Crippen LogP contribution >= 0.6 is 0 Å². The molecule has 1 atom stereocenters. The van der Waals surface area contributed by atoms with Crippen molar-refractivity contribution in [2.45, 2.75) is 80.7 Å². The van der Waals surface area contributed by atoms with Gasteiger partial charge in [-0.2, -0.15) is 0 Å². The van der Waals surface area contributed by atoms with Crippen molar-refractivity contribution in [2.75, 3.05) is 13.1 Å². The molecule has 0 amide bonds. The molecule has 0 saturated carbocycles. The van der Waals surface area contributed by atoms with E-state index in [0.717, 1.165) is 35.6 Å². The monoisotopic (exact) mass is 462 g/mol. The summed E-state index contributed by atoms with van der Waals surface area (Å²) < 4.78 is 0. The maximum Gasteiger partial charge on any atom is 0.0890 e. The number of fused-ring (bicyclic) bond motifs is 1. The highest BCUT2D eigenvalue weighted by molar-refractivity contribution is 5.74. The lowest BCUT2D eigenvalue weighted by molar-refractivity contribution is 0.120. The van der Waals surface area contributed by atoms with Crippen LogP contribution in [0.2, 0.25) is 0 Å². The third kappa shape index (κ3) is 8.39. The van der Waals surface area contributed by atoms with E-state index in [0.29, 0.717) is 5.41 Å². The molecule has 2 aromatic rings. The molecular formula is C30H46N4. The summed E-state index contributed by atoms with van der Waals surface area (Å²) in [7, 11) is 0. The fourth-order valence-corrected chi connectivity index (χ4v) is 4.16. The standard InChI is InChI=1S/C20H25N3.C10H21N/c1-5-15(3)7-8-16(4)18(6-2)23-14-17-9-10-19-20(13-17)22-12-11-21-19;1-4-9(3)6-10(5-2)7-11-8-10/h6-13,23H,5,14H2,1-4H3;9,11H,4-8H2,1-3H3/b15-7+,16-8-,18-6+;. The molecule has 34 heavy (non-hydrogen) atoms. The number of rotatable bonds is 10. The zero-order chi connectivity index (χ0) is 25.0. The molecule has 1 unspecified atom stereocenters. The average Bonchev–Trinajstić information content (AvgIpc) is 2.85. The van der Waals surface area contributed by atoms with E-state index in [1.165, 1.54) is 49.1 Å². The van der Waals surface area contributed by atoms with Gasteiger partial charge in [-0.25, -0.2) is 0 Å². The summed E-state index contributed by atoms with van der Waals surface area (Å²) >= 11 is 0. The first-order chi connectivity index (χ1) is 16.4. The van der Waals surface area contributed by atoms with Crippen LogP contribution in [0.3, 0.4) is 0 Å². The fraction of sp³-hybridized carbons (Fsp3) is 0.533. The molecule has 4 heteroatoms. The predicted octanol–water partition coefficient (Wildman–Crippen LogP) is 7.35. The Hall–Kier alpha value is -2.46. The first-order valence-electron chi connectivity index (χ1n) is 13.0. The van der Waals surface area contributed by atoms with Gasteiger partial charge in [-0.1, -0.05) is 64.0 Å². The van der Waals surface area contributed by atoms with Gasteiger partial charge >= 0.3 is 0 Å². The lowest BCUT2D eigenvalue weighted by Crippen LogP contribution is -2.53. The zero-order valence-electron chi connectivity index (χ0n) is 22.5. The maximum atomic E-state index is 4.36. The maximum absolute atomic E-state index is 4.36. The van der Waals surface area contributed by atoms with Gasteiger partial charge in [-0.15, -0.1) is 0 Å². The molecule has 0 aliphatic carbocycles. The van der Waals surface area contributed by atoms with Crippen LogP contribution in [-0.4, -0.2) is 23.1 Å². The number of nitrogens with one attached hydrogen (secondary N) is 2.